The van der Waals surface area contributed by atoms with Crippen LogP contribution in [-0.4, -0.2) is 27.5 Å². The minimum absolute atomic E-state index is 0.0246. The van der Waals surface area contributed by atoms with Gasteiger partial charge in [0.15, 0.2) is 0 Å². The van der Waals surface area contributed by atoms with Crippen molar-refractivity contribution >= 4 is 15.9 Å². The number of amides is 1. The van der Waals surface area contributed by atoms with E-state index in [1.54, 1.807) is 26.0 Å². The minimum atomic E-state index is -3.82. The van der Waals surface area contributed by atoms with Crippen LogP contribution < -0.4 is 4.72 Å². The van der Waals surface area contributed by atoms with Crippen LogP contribution in [0.15, 0.2) is 23.1 Å². The average molecular weight is 313 g/mol. The van der Waals surface area contributed by atoms with Crippen molar-refractivity contribution in [3.05, 3.63) is 29.3 Å². The highest BCUT2D eigenvalue weighted by Crippen LogP contribution is 2.16. The molecule has 0 radical (unpaired) electrons. The number of rotatable bonds is 7. The highest BCUT2D eigenvalue weighted by molar-refractivity contribution is 7.90. The van der Waals surface area contributed by atoms with Gasteiger partial charge in [-0.25, -0.2) is 13.1 Å². The number of sulfonamides is 1. The number of carbonyl (C=O) groups excluding carboxylic acids is 1. The Labute approximate surface area is 126 Å². The molecule has 0 aromatic heterocycles. The summed E-state index contributed by atoms with van der Waals surface area (Å²) >= 11 is 0. The maximum absolute atomic E-state index is 12.2. The molecule has 0 aliphatic carbocycles. The average Bonchev–Trinajstić information content (AvgIpc) is 2.36. The van der Waals surface area contributed by atoms with Crippen molar-refractivity contribution in [1.82, 2.24) is 4.72 Å². The first-order valence-electron chi connectivity index (χ1n) is 6.93. The van der Waals surface area contributed by atoms with Crippen LogP contribution >= 0.6 is 0 Å². The van der Waals surface area contributed by atoms with Crippen LogP contribution in [-0.2, 0) is 19.6 Å². The summed E-state index contributed by atoms with van der Waals surface area (Å²) in [5, 5.41) is 0. The zero-order chi connectivity index (χ0) is 16.0. The Morgan fingerprint density at radius 3 is 2.57 bits per heavy atom. The lowest BCUT2D eigenvalue weighted by molar-refractivity contribution is -0.120. The molecule has 0 aliphatic heterocycles. The first kappa shape index (κ1) is 17.7. The van der Waals surface area contributed by atoms with Crippen LogP contribution in [0.2, 0.25) is 0 Å². The second-order valence-electron chi connectivity index (χ2n) is 5.52. The Morgan fingerprint density at radius 2 is 1.95 bits per heavy atom. The number of hydrogen-bond donors (Lipinski definition) is 1. The molecule has 0 bridgehead atoms. The first-order valence-corrected chi connectivity index (χ1v) is 8.41. The number of carbonyl (C=O) groups is 1. The molecule has 0 saturated heterocycles. The van der Waals surface area contributed by atoms with Gasteiger partial charge in [0.05, 0.1) is 17.9 Å². The molecule has 1 rings (SSSR count). The zero-order valence-corrected chi connectivity index (χ0v) is 13.8. The third kappa shape index (κ3) is 5.85. The maximum Gasteiger partial charge on any atom is 0.264 e. The Kier molecular flexibility index (Phi) is 6.36. The Bertz CT molecular complexity index is 594. The second kappa shape index (κ2) is 7.56. The quantitative estimate of drug-likeness (QED) is 0.783. The summed E-state index contributed by atoms with van der Waals surface area (Å²) in [5.41, 5.74) is 1.44. The molecule has 21 heavy (non-hydrogen) atoms. The van der Waals surface area contributed by atoms with Gasteiger partial charge < -0.3 is 4.74 Å². The van der Waals surface area contributed by atoms with Crippen molar-refractivity contribution in [3.63, 3.8) is 0 Å². The van der Waals surface area contributed by atoms with Crippen LogP contribution in [0.1, 0.15) is 31.4 Å². The van der Waals surface area contributed by atoms with Gasteiger partial charge in [-0.15, -0.1) is 0 Å². The zero-order valence-electron chi connectivity index (χ0n) is 13.0. The number of hydrogen-bond acceptors (Lipinski definition) is 4. The van der Waals surface area contributed by atoms with Gasteiger partial charge in [-0.05, 0) is 37.0 Å². The van der Waals surface area contributed by atoms with Gasteiger partial charge in [-0.2, -0.15) is 0 Å². The molecule has 6 heteroatoms. The van der Waals surface area contributed by atoms with Crippen LogP contribution in [0, 0.1) is 19.8 Å². The van der Waals surface area contributed by atoms with Crippen molar-refractivity contribution in [2.45, 2.75) is 39.0 Å². The molecule has 0 spiro atoms. The number of nitrogens with one attached hydrogen (secondary N) is 1. The van der Waals surface area contributed by atoms with Crippen molar-refractivity contribution in [3.8, 4) is 0 Å². The molecule has 1 N–H and O–H groups in total. The lowest BCUT2D eigenvalue weighted by Crippen LogP contribution is -2.31. The molecule has 0 saturated carbocycles. The van der Waals surface area contributed by atoms with E-state index in [0.29, 0.717) is 18.1 Å². The molecular weight excluding hydrogens is 290 g/mol. The Balaban J connectivity index is 2.64. The lowest BCUT2D eigenvalue weighted by atomic mass is 10.2. The van der Waals surface area contributed by atoms with Crippen molar-refractivity contribution in [2.75, 3.05) is 13.2 Å². The van der Waals surface area contributed by atoms with E-state index in [0.717, 1.165) is 5.56 Å². The predicted octanol–water partition coefficient (Wildman–Crippen LogP) is 2.17. The van der Waals surface area contributed by atoms with Gasteiger partial charge in [0.25, 0.3) is 10.0 Å². The van der Waals surface area contributed by atoms with Crippen LogP contribution in [0.5, 0.6) is 0 Å². The molecular formula is C15H23NO4S. The fraction of sp³-hybridized carbons (Fsp3) is 0.533. The molecule has 1 amide bonds. The standard InChI is InChI=1S/C15H23NO4S/c1-11(2)10-20-8-7-15(17)16-21(18,19)14-9-12(3)5-6-13(14)4/h5-6,9,11H,7-8,10H2,1-4H3,(H,16,17). The van der Waals surface area contributed by atoms with Gasteiger partial charge in [0.1, 0.15) is 0 Å². The molecule has 0 atom stereocenters. The summed E-state index contributed by atoms with van der Waals surface area (Å²) in [5.74, 6) is -0.175. The molecule has 0 aliphatic rings. The van der Waals surface area contributed by atoms with Crippen molar-refractivity contribution < 1.29 is 17.9 Å². The molecule has 0 unspecified atom stereocenters. The van der Waals surface area contributed by atoms with Gasteiger partial charge in [0, 0.05) is 6.61 Å². The maximum atomic E-state index is 12.2. The smallest absolute Gasteiger partial charge is 0.264 e. The topological polar surface area (TPSA) is 72.5 Å². The van der Waals surface area contributed by atoms with Crippen molar-refractivity contribution in [1.29, 1.82) is 0 Å². The van der Waals surface area contributed by atoms with E-state index in [-0.39, 0.29) is 17.9 Å². The van der Waals surface area contributed by atoms with E-state index in [1.165, 1.54) is 0 Å². The van der Waals surface area contributed by atoms with E-state index in [9.17, 15) is 13.2 Å². The molecule has 0 heterocycles. The SMILES string of the molecule is Cc1ccc(C)c(S(=O)(=O)NC(=O)CCOCC(C)C)c1. The minimum Gasteiger partial charge on any atom is -0.381 e. The summed E-state index contributed by atoms with van der Waals surface area (Å²) in [6.07, 6.45) is 0.0246. The molecule has 0 fully saturated rings. The summed E-state index contributed by atoms with van der Waals surface area (Å²) in [6, 6.07) is 5.11. The fourth-order valence-electron chi connectivity index (χ4n) is 1.74. The highest BCUT2D eigenvalue weighted by Gasteiger charge is 2.19. The number of ether oxygens (including phenoxy) is 1. The highest BCUT2D eigenvalue weighted by atomic mass is 32.2. The molecule has 5 nitrogen and oxygen atoms in total. The van der Waals surface area contributed by atoms with Crippen molar-refractivity contribution in [2.24, 2.45) is 5.92 Å². The first-order chi connectivity index (χ1) is 9.72. The van der Waals surface area contributed by atoms with E-state index >= 15 is 0 Å². The summed E-state index contributed by atoms with van der Waals surface area (Å²) in [4.78, 5) is 11.8. The molecule has 118 valence electrons. The molecule has 1 aromatic rings. The second-order valence-corrected chi connectivity index (χ2v) is 7.17. The largest absolute Gasteiger partial charge is 0.381 e. The predicted molar refractivity (Wildman–Crippen MR) is 81.5 cm³/mol. The van der Waals surface area contributed by atoms with Gasteiger partial charge >= 0.3 is 0 Å². The number of benzene rings is 1. The van der Waals surface area contributed by atoms with Crippen LogP contribution in [0.4, 0.5) is 0 Å². The number of aryl methyl sites for hydroxylation is 2. The summed E-state index contributed by atoms with van der Waals surface area (Å²) in [6.45, 7) is 8.28. The Hall–Kier alpha value is -1.40. The molecule has 1 aromatic carbocycles. The monoisotopic (exact) mass is 313 g/mol. The lowest BCUT2D eigenvalue weighted by Gasteiger charge is -2.11. The third-order valence-electron chi connectivity index (χ3n) is 2.81. The van der Waals surface area contributed by atoms with E-state index in [1.807, 2.05) is 19.9 Å². The van der Waals surface area contributed by atoms with Gasteiger partial charge in [-0.1, -0.05) is 26.0 Å². The van der Waals surface area contributed by atoms with Gasteiger partial charge in [-0.3, -0.25) is 4.79 Å². The summed E-state index contributed by atoms with van der Waals surface area (Å²) < 4.78 is 31.7. The normalized spacial score (nSPS) is 11.7. The Morgan fingerprint density at radius 1 is 1.29 bits per heavy atom. The summed E-state index contributed by atoms with van der Waals surface area (Å²) in [7, 11) is -3.82. The van der Waals surface area contributed by atoms with Crippen LogP contribution in [0.25, 0.3) is 0 Å². The van der Waals surface area contributed by atoms with Gasteiger partial charge in [0.2, 0.25) is 5.91 Å². The fourth-order valence-corrected chi connectivity index (χ4v) is 3.08. The van der Waals surface area contributed by atoms with E-state index in [2.05, 4.69) is 4.72 Å². The third-order valence-corrected chi connectivity index (χ3v) is 4.32. The van der Waals surface area contributed by atoms with Crippen LogP contribution in [0.3, 0.4) is 0 Å². The van der Waals surface area contributed by atoms with E-state index < -0.39 is 15.9 Å². The van der Waals surface area contributed by atoms with E-state index in [4.69, 9.17) is 4.74 Å².